The van der Waals surface area contributed by atoms with Crippen LogP contribution in [0.1, 0.15) is 77.6 Å². The zero-order chi connectivity index (χ0) is 19.0. The Kier molecular flexibility index (Phi) is 12.0. The Morgan fingerprint density at radius 3 is 2.00 bits per heavy atom. The van der Waals surface area contributed by atoms with Gasteiger partial charge in [0.2, 0.25) is 5.91 Å². The highest BCUT2D eigenvalue weighted by Gasteiger charge is 2.15. The molecule has 0 bridgehead atoms. The molecule has 6 heteroatoms. The predicted molar refractivity (Wildman–Crippen MR) is 103 cm³/mol. The van der Waals surface area contributed by atoms with Gasteiger partial charge in [0.15, 0.2) is 0 Å². The van der Waals surface area contributed by atoms with Crippen LogP contribution in [0.15, 0.2) is 11.8 Å². The van der Waals surface area contributed by atoms with Crippen LogP contribution in [-0.2, 0) is 9.59 Å². The fraction of sp³-hybridized carbons (Fsp3) is 0.750. The SMILES string of the molecule is CC(=O)NCCN/C=C(/C#N)C(=O)NC1CCCCCCCCCCC1. The molecule has 26 heavy (non-hydrogen) atoms. The second-order valence-electron chi connectivity index (χ2n) is 7.04. The lowest BCUT2D eigenvalue weighted by molar-refractivity contribution is -0.119. The normalized spacial score (nSPS) is 17.9. The summed E-state index contributed by atoms with van der Waals surface area (Å²) in [4.78, 5) is 23.2. The molecular weight excluding hydrogens is 328 g/mol. The highest BCUT2D eigenvalue weighted by molar-refractivity contribution is 5.97. The number of carbonyl (C=O) groups excluding carboxylic acids is 2. The molecule has 0 atom stereocenters. The molecule has 6 nitrogen and oxygen atoms in total. The molecule has 0 aromatic heterocycles. The second kappa shape index (κ2) is 14.2. The number of hydrogen-bond donors (Lipinski definition) is 3. The van der Waals surface area contributed by atoms with Crippen LogP contribution >= 0.6 is 0 Å². The second-order valence-corrected chi connectivity index (χ2v) is 7.04. The summed E-state index contributed by atoms with van der Waals surface area (Å²) >= 11 is 0. The summed E-state index contributed by atoms with van der Waals surface area (Å²) in [7, 11) is 0. The molecule has 0 unspecified atom stereocenters. The van der Waals surface area contributed by atoms with Crippen molar-refractivity contribution in [3.8, 4) is 6.07 Å². The zero-order valence-corrected chi connectivity index (χ0v) is 16.1. The fourth-order valence-electron chi connectivity index (χ4n) is 3.20. The molecule has 0 aromatic rings. The minimum absolute atomic E-state index is 0.0824. The van der Waals surface area contributed by atoms with E-state index in [0.29, 0.717) is 13.1 Å². The van der Waals surface area contributed by atoms with E-state index >= 15 is 0 Å². The van der Waals surface area contributed by atoms with Gasteiger partial charge in [-0.25, -0.2) is 0 Å². The molecule has 0 radical (unpaired) electrons. The Bertz CT molecular complexity index is 485. The van der Waals surface area contributed by atoms with Crippen molar-refractivity contribution in [1.29, 1.82) is 5.26 Å². The highest BCUT2D eigenvalue weighted by atomic mass is 16.2. The third kappa shape index (κ3) is 10.8. The average Bonchev–Trinajstić information content (AvgIpc) is 2.60. The topological polar surface area (TPSA) is 94.0 Å². The first-order valence-corrected chi connectivity index (χ1v) is 10.0. The maximum Gasteiger partial charge on any atom is 0.263 e. The standard InChI is InChI=1S/C20H34N4O2/c1-17(25)23-14-13-22-16-18(15-21)20(26)24-19-11-9-7-5-3-2-4-6-8-10-12-19/h16,19,22H,2-14H2,1H3,(H,23,25)(H,24,26)/b18-16-. The van der Waals surface area contributed by atoms with Crippen molar-refractivity contribution in [2.45, 2.75) is 83.6 Å². The predicted octanol–water partition coefficient (Wildman–Crippen LogP) is 2.91. The van der Waals surface area contributed by atoms with E-state index < -0.39 is 0 Å². The number of rotatable bonds is 6. The van der Waals surface area contributed by atoms with E-state index in [4.69, 9.17) is 0 Å². The molecule has 3 N–H and O–H groups in total. The van der Waals surface area contributed by atoms with Crippen molar-refractivity contribution in [3.63, 3.8) is 0 Å². The van der Waals surface area contributed by atoms with Gasteiger partial charge < -0.3 is 16.0 Å². The molecule has 1 fully saturated rings. The third-order valence-corrected chi connectivity index (χ3v) is 4.70. The van der Waals surface area contributed by atoms with Crippen LogP contribution in [0.25, 0.3) is 0 Å². The van der Waals surface area contributed by atoms with Crippen LogP contribution in [-0.4, -0.2) is 30.9 Å². The highest BCUT2D eigenvalue weighted by Crippen LogP contribution is 2.17. The molecule has 146 valence electrons. The van der Waals surface area contributed by atoms with Crippen molar-refractivity contribution in [3.05, 3.63) is 11.8 Å². The van der Waals surface area contributed by atoms with Crippen LogP contribution in [0.2, 0.25) is 0 Å². The summed E-state index contributed by atoms with van der Waals surface area (Å²) in [5.74, 6) is -0.409. The number of amides is 2. The number of carbonyl (C=O) groups is 2. The smallest absolute Gasteiger partial charge is 0.263 e. The summed E-state index contributed by atoms with van der Waals surface area (Å²) in [5.41, 5.74) is 0.0824. The van der Waals surface area contributed by atoms with Gasteiger partial charge in [-0.15, -0.1) is 0 Å². The Balaban J connectivity index is 2.45. The van der Waals surface area contributed by atoms with Crippen LogP contribution in [0.4, 0.5) is 0 Å². The summed E-state index contributed by atoms with van der Waals surface area (Å²) < 4.78 is 0. The number of nitrogens with zero attached hydrogens (tertiary/aromatic N) is 1. The van der Waals surface area contributed by atoms with Gasteiger partial charge in [0.1, 0.15) is 11.6 Å². The lowest BCUT2D eigenvalue weighted by Crippen LogP contribution is -2.36. The number of hydrogen-bond acceptors (Lipinski definition) is 4. The van der Waals surface area contributed by atoms with Crippen molar-refractivity contribution >= 4 is 11.8 Å². The lowest BCUT2D eigenvalue weighted by atomic mass is 9.98. The van der Waals surface area contributed by atoms with Gasteiger partial charge >= 0.3 is 0 Å². The van der Waals surface area contributed by atoms with E-state index in [1.54, 1.807) is 0 Å². The van der Waals surface area contributed by atoms with E-state index in [1.165, 1.54) is 58.1 Å². The monoisotopic (exact) mass is 362 g/mol. The number of nitrogens with one attached hydrogen (secondary N) is 3. The van der Waals surface area contributed by atoms with Crippen molar-refractivity contribution in [2.75, 3.05) is 13.1 Å². The Labute approximate surface area is 157 Å². The largest absolute Gasteiger partial charge is 0.388 e. The molecule has 2 amide bonds. The minimum Gasteiger partial charge on any atom is -0.388 e. The van der Waals surface area contributed by atoms with Crippen molar-refractivity contribution < 1.29 is 9.59 Å². The quantitative estimate of drug-likeness (QED) is 0.385. The van der Waals surface area contributed by atoms with Crippen molar-refractivity contribution in [2.24, 2.45) is 0 Å². The molecule has 1 aliphatic rings. The van der Waals surface area contributed by atoms with Gasteiger partial charge in [-0.3, -0.25) is 9.59 Å². The van der Waals surface area contributed by atoms with Crippen LogP contribution < -0.4 is 16.0 Å². The summed E-state index contributed by atoms with van der Waals surface area (Å²) in [5, 5.41) is 17.8. The molecule has 0 saturated heterocycles. The third-order valence-electron chi connectivity index (χ3n) is 4.70. The Morgan fingerprint density at radius 1 is 0.962 bits per heavy atom. The molecule has 0 heterocycles. The van der Waals surface area contributed by atoms with E-state index in [0.717, 1.165) is 25.7 Å². The van der Waals surface area contributed by atoms with Gasteiger partial charge in [-0.05, 0) is 12.8 Å². The van der Waals surface area contributed by atoms with Crippen LogP contribution in [0.5, 0.6) is 0 Å². The van der Waals surface area contributed by atoms with Crippen LogP contribution in [0.3, 0.4) is 0 Å². The lowest BCUT2D eigenvalue weighted by Gasteiger charge is -2.19. The molecule has 0 spiro atoms. The Hall–Kier alpha value is -2.03. The van der Waals surface area contributed by atoms with Gasteiger partial charge in [0.05, 0.1) is 0 Å². The number of nitriles is 1. The fourth-order valence-corrected chi connectivity index (χ4v) is 3.20. The summed E-state index contributed by atoms with van der Waals surface area (Å²) in [6.45, 7) is 2.38. The van der Waals surface area contributed by atoms with E-state index in [9.17, 15) is 14.9 Å². The molecular formula is C20H34N4O2. The van der Waals surface area contributed by atoms with E-state index in [-0.39, 0.29) is 23.4 Å². The van der Waals surface area contributed by atoms with E-state index in [1.807, 2.05) is 6.07 Å². The van der Waals surface area contributed by atoms with Gasteiger partial charge in [0, 0.05) is 32.3 Å². The first-order chi connectivity index (χ1) is 12.6. The minimum atomic E-state index is -0.309. The van der Waals surface area contributed by atoms with Crippen molar-refractivity contribution in [1.82, 2.24) is 16.0 Å². The maximum absolute atomic E-state index is 12.4. The maximum atomic E-state index is 12.4. The molecule has 0 aromatic carbocycles. The van der Waals surface area contributed by atoms with E-state index in [2.05, 4.69) is 16.0 Å². The molecule has 1 rings (SSSR count). The summed E-state index contributed by atoms with van der Waals surface area (Å²) in [6, 6.07) is 2.11. The first kappa shape index (κ1) is 22.0. The first-order valence-electron chi connectivity index (χ1n) is 10.0. The van der Waals surface area contributed by atoms with Crippen LogP contribution in [0, 0.1) is 11.3 Å². The van der Waals surface area contributed by atoms with Gasteiger partial charge in [-0.1, -0.05) is 57.8 Å². The Morgan fingerprint density at radius 2 is 1.50 bits per heavy atom. The molecule has 1 aliphatic carbocycles. The van der Waals surface area contributed by atoms with Gasteiger partial charge in [0.25, 0.3) is 5.91 Å². The van der Waals surface area contributed by atoms with Gasteiger partial charge in [-0.2, -0.15) is 5.26 Å². The molecule has 0 aliphatic heterocycles. The summed E-state index contributed by atoms with van der Waals surface area (Å²) in [6.07, 6.45) is 14.7. The molecule has 1 saturated carbocycles. The zero-order valence-electron chi connectivity index (χ0n) is 16.1. The average molecular weight is 363 g/mol.